The highest BCUT2D eigenvalue weighted by atomic mass is 31.2. The van der Waals surface area contributed by atoms with E-state index < -0.39 is 7.26 Å². The minimum atomic E-state index is -2.06. The van der Waals surface area contributed by atoms with Crippen LogP contribution in [0.25, 0.3) is 0 Å². The summed E-state index contributed by atoms with van der Waals surface area (Å²) in [5, 5.41) is 3.86. The maximum Gasteiger partial charge on any atom is 0.161 e. The van der Waals surface area contributed by atoms with Crippen molar-refractivity contribution in [2.75, 3.05) is 13.3 Å². The maximum atomic E-state index is 11.0. The Morgan fingerprint density at radius 2 is 1.43 bits per heavy atom. The van der Waals surface area contributed by atoms with E-state index in [1.807, 2.05) is 24.2 Å². The molecule has 0 aliphatic heterocycles. The Kier molecular flexibility index (Phi) is 6.10. The molecule has 2 nitrogen and oxygen atoms in total. The molecule has 1 aliphatic rings. The number of hydrogen-bond donors (Lipinski definition) is 0. The lowest BCUT2D eigenvalue weighted by atomic mass is 10.1. The van der Waals surface area contributed by atoms with E-state index >= 15 is 0 Å². The fraction of sp³-hybridized carbons (Fsp3) is 0.111. The second-order valence-corrected chi connectivity index (χ2v) is 10.7. The predicted octanol–water partition coefficient (Wildman–Crippen LogP) is 4.63. The van der Waals surface area contributed by atoms with Crippen LogP contribution in [0.3, 0.4) is 0 Å². The molecule has 0 N–H and O–H groups in total. The first-order valence-corrected chi connectivity index (χ1v) is 12.0. The van der Waals surface area contributed by atoms with E-state index in [2.05, 4.69) is 84.9 Å². The first-order valence-electron chi connectivity index (χ1n) is 10.0. The molecular formula is C27H24O2P+. The van der Waals surface area contributed by atoms with Gasteiger partial charge in [0.1, 0.15) is 29.1 Å². The average molecular weight is 411 g/mol. The van der Waals surface area contributed by atoms with Gasteiger partial charge in [-0.2, -0.15) is 0 Å². The number of hydrogen-bond acceptors (Lipinski definition) is 2. The molecule has 30 heavy (non-hydrogen) atoms. The van der Waals surface area contributed by atoms with E-state index in [1.165, 1.54) is 21.5 Å². The predicted molar refractivity (Wildman–Crippen MR) is 128 cm³/mol. The third kappa shape index (κ3) is 3.81. The quantitative estimate of drug-likeness (QED) is 0.437. The molecule has 0 heterocycles. The highest BCUT2D eigenvalue weighted by molar-refractivity contribution is 7.96. The lowest BCUT2D eigenvalue weighted by Crippen LogP contribution is -2.34. The molecule has 0 bridgehead atoms. The third-order valence-electron chi connectivity index (χ3n) is 5.52. The highest BCUT2D eigenvalue weighted by Gasteiger charge is 2.47. The monoisotopic (exact) mass is 411 g/mol. The van der Waals surface area contributed by atoms with Gasteiger partial charge in [-0.3, -0.25) is 0 Å². The molecule has 0 fully saturated rings. The number of allylic oxidation sites excluding steroid dienone is 5. The van der Waals surface area contributed by atoms with Gasteiger partial charge in [0.2, 0.25) is 0 Å². The molecule has 0 radical (unpaired) electrons. The van der Waals surface area contributed by atoms with Crippen LogP contribution in [0.4, 0.5) is 0 Å². The van der Waals surface area contributed by atoms with Gasteiger partial charge in [0.15, 0.2) is 5.75 Å². The Bertz CT molecular complexity index is 1080. The van der Waals surface area contributed by atoms with Crippen LogP contribution in [-0.4, -0.2) is 19.2 Å². The summed E-state index contributed by atoms with van der Waals surface area (Å²) >= 11 is 0. The van der Waals surface area contributed by atoms with Crippen molar-refractivity contribution in [1.82, 2.24) is 0 Å². The first kappa shape index (κ1) is 20.1. The fourth-order valence-electron chi connectivity index (χ4n) is 4.06. The number of benzene rings is 3. The summed E-state index contributed by atoms with van der Waals surface area (Å²) in [6, 6.07) is 29.9. The van der Waals surface area contributed by atoms with Crippen LogP contribution in [0.2, 0.25) is 0 Å². The molecule has 3 heteroatoms. The van der Waals surface area contributed by atoms with Gasteiger partial charge in [-0.05, 0) is 48.0 Å². The molecule has 0 saturated heterocycles. The Morgan fingerprint density at radius 1 is 0.833 bits per heavy atom. The molecule has 4 rings (SSSR count). The molecule has 0 spiro atoms. The van der Waals surface area contributed by atoms with Crippen molar-refractivity contribution in [3.05, 3.63) is 114 Å². The van der Waals surface area contributed by atoms with Crippen molar-refractivity contribution in [3.63, 3.8) is 0 Å². The van der Waals surface area contributed by atoms with Gasteiger partial charge < -0.3 is 4.74 Å². The molecule has 1 aliphatic carbocycles. The van der Waals surface area contributed by atoms with Crippen molar-refractivity contribution in [3.8, 4) is 5.75 Å². The third-order valence-corrected chi connectivity index (χ3v) is 9.91. The van der Waals surface area contributed by atoms with Crippen LogP contribution < -0.4 is 20.7 Å². The number of carbonyl (C=O) groups excluding carboxylic acids is 1. The van der Waals surface area contributed by atoms with Gasteiger partial charge in [0.25, 0.3) is 0 Å². The van der Waals surface area contributed by atoms with Crippen LogP contribution in [-0.2, 0) is 4.79 Å². The maximum absolute atomic E-state index is 11.0. The van der Waals surface area contributed by atoms with Crippen LogP contribution in [0.15, 0.2) is 114 Å². The Hall–Kier alpha value is -3.18. The molecule has 148 valence electrons. The van der Waals surface area contributed by atoms with Gasteiger partial charge in [-0.15, -0.1) is 0 Å². The smallest absolute Gasteiger partial charge is 0.161 e. The molecule has 0 unspecified atom stereocenters. The molecule has 0 saturated carbocycles. The zero-order valence-electron chi connectivity index (χ0n) is 17.0. The fourth-order valence-corrected chi connectivity index (χ4v) is 8.47. The minimum Gasteiger partial charge on any atom is -0.493 e. The number of methoxy groups -OCH3 is 1. The molecule has 0 amide bonds. The number of rotatable bonds is 6. The van der Waals surface area contributed by atoms with Crippen LogP contribution >= 0.6 is 7.26 Å². The first-order chi connectivity index (χ1) is 14.8. The summed E-state index contributed by atoms with van der Waals surface area (Å²) in [6.07, 6.45) is 7.63. The van der Waals surface area contributed by atoms with Gasteiger partial charge in [-0.1, -0.05) is 60.7 Å². The lowest BCUT2D eigenvalue weighted by Gasteiger charge is -2.29. The van der Waals surface area contributed by atoms with E-state index in [4.69, 9.17) is 4.74 Å². The van der Waals surface area contributed by atoms with Gasteiger partial charge >= 0.3 is 0 Å². The van der Waals surface area contributed by atoms with Crippen molar-refractivity contribution in [2.45, 2.75) is 6.42 Å². The van der Waals surface area contributed by atoms with Gasteiger partial charge in [0, 0.05) is 12.0 Å². The van der Waals surface area contributed by atoms with E-state index in [1.54, 1.807) is 7.11 Å². The van der Waals surface area contributed by atoms with Gasteiger partial charge in [-0.25, -0.2) is 4.79 Å². The Labute approximate surface area is 178 Å². The number of ether oxygens (including phenoxy) is 1. The summed E-state index contributed by atoms with van der Waals surface area (Å²) in [4.78, 5) is 11.0. The summed E-state index contributed by atoms with van der Waals surface area (Å²) < 4.78 is 5.85. The summed E-state index contributed by atoms with van der Waals surface area (Å²) in [5.41, 5.74) is 1.93. The summed E-state index contributed by atoms with van der Waals surface area (Å²) in [6.45, 7) is 0. The Morgan fingerprint density at radius 3 is 1.97 bits per heavy atom. The molecule has 3 aromatic rings. The topological polar surface area (TPSA) is 26.3 Å². The average Bonchev–Trinajstić information content (AvgIpc) is 2.84. The van der Waals surface area contributed by atoms with E-state index in [9.17, 15) is 4.79 Å². The highest BCUT2D eigenvalue weighted by Crippen LogP contribution is 2.58. The Balaban J connectivity index is 1.98. The SMILES string of the molecule is COc1ccccc1[P+](CC1=CCC(=C=O)C=C1)(c1ccccc1)c1ccccc1. The standard InChI is InChI=1S/C27H24O2P/c1-29-26-14-8-9-15-27(26)30(24-10-4-2-5-11-24,25-12-6-3-7-13-25)21-23-18-16-22(20-28)17-19-23/h2-16,18-19H,17,21H2,1H3/q+1. The second-order valence-electron chi connectivity index (χ2n) is 7.25. The van der Waals surface area contributed by atoms with E-state index in [0.29, 0.717) is 12.0 Å². The van der Waals surface area contributed by atoms with Crippen molar-refractivity contribution in [2.24, 2.45) is 0 Å². The number of para-hydroxylation sites is 1. The van der Waals surface area contributed by atoms with E-state index in [0.717, 1.165) is 11.9 Å². The zero-order chi connectivity index (χ0) is 20.8. The van der Waals surface area contributed by atoms with Crippen molar-refractivity contribution in [1.29, 1.82) is 0 Å². The van der Waals surface area contributed by atoms with Gasteiger partial charge in [0.05, 0.1) is 13.3 Å². The van der Waals surface area contributed by atoms with Crippen molar-refractivity contribution >= 4 is 29.1 Å². The van der Waals surface area contributed by atoms with Crippen molar-refractivity contribution < 1.29 is 9.53 Å². The van der Waals surface area contributed by atoms with E-state index in [-0.39, 0.29) is 0 Å². The van der Waals surface area contributed by atoms with Crippen LogP contribution in [0.1, 0.15) is 6.42 Å². The normalized spacial score (nSPS) is 13.5. The molecule has 0 aromatic heterocycles. The minimum absolute atomic E-state index is 0.630. The zero-order valence-corrected chi connectivity index (χ0v) is 17.9. The summed E-state index contributed by atoms with van der Waals surface area (Å²) in [5.74, 6) is 2.93. The summed E-state index contributed by atoms with van der Waals surface area (Å²) in [7, 11) is -0.316. The lowest BCUT2D eigenvalue weighted by molar-refractivity contribution is 0.418. The van der Waals surface area contributed by atoms with Crippen LogP contribution in [0, 0.1) is 0 Å². The molecule has 0 atom stereocenters. The molecular weight excluding hydrogens is 387 g/mol. The van der Waals surface area contributed by atoms with Crippen LogP contribution in [0.5, 0.6) is 5.75 Å². The second kappa shape index (κ2) is 9.09. The molecule has 3 aromatic carbocycles. The largest absolute Gasteiger partial charge is 0.493 e.